The maximum Gasteiger partial charge on any atom is 0.354 e. The van der Waals surface area contributed by atoms with Crippen molar-refractivity contribution < 1.29 is 23.8 Å². The van der Waals surface area contributed by atoms with Crippen molar-refractivity contribution in [1.82, 2.24) is 5.32 Å². The summed E-state index contributed by atoms with van der Waals surface area (Å²) >= 11 is 0. The van der Waals surface area contributed by atoms with Crippen LogP contribution in [0, 0.1) is 22.7 Å². The molecule has 0 saturated heterocycles. The van der Waals surface area contributed by atoms with Crippen LogP contribution in [0.1, 0.15) is 30.0 Å². The van der Waals surface area contributed by atoms with E-state index in [2.05, 4.69) is 5.32 Å². The molecule has 0 heterocycles. The van der Waals surface area contributed by atoms with Crippen LogP contribution in [0.2, 0.25) is 0 Å². The quantitative estimate of drug-likeness (QED) is 0.159. The molecule has 8 nitrogen and oxygen atoms in total. The number of esters is 1. The molecule has 0 aliphatic heterocycles. The van der Waals surface area contributed by atoms with E-state index < -0.39 is 11.9 Å². The molecule has 0 fully saturated rings. The highest BCUT2D eigenvalue weighted by Crippen LogP contribution is 2.30. The molecule has 0 saturated carbocycles. The minimum atomic E-state index is -0.858. The van der Waals surface area contributed by atoms with Gasteiger partial charge in [0.1, 0.15) is 29.0 Å². The zero-order chi connectivity index (χ0) is 28.0. The number of nitrogens with one attached hydrogen (secondary N) is 1. The Labute approximate surface area is 227 Å². The lowest BCUT2D eigenvalue weighted by Crippen LogP contribution is -2.23. The Morgan fingerprint density at radius 1 is 0.872 bits per heavy atom. The van der Waals surface area contributed by atoms with E-state index in [9.17, 15) is 20.1 Å². The average molecular weight is 522 g/mol. The van der Waals surface area contributed by atoms with Crippen molar-refractivity contribution in [1.29, 1.82) is 10.5 Å². The van der Waals surface area contributed by atoms with Crippen LogP contribution in [0.25, 0.3) is 12.2 Å². The third kappa shape index (κ3) is 8.34. The van der Waals surface area contributed by atoms with Crippen LogP contribution in [-0.2, 0) is 16.1 Å². The molecule has 0 radical (unpaired) electrons. The van der Waals surface area contributed by atoms with E-state index in [1.165, 1.54) is 31.4 Å². The normalized spacial score (nSPS) is 11.1. The summed E-state index contributed by atoms with van der Waals surface area (Å²) in [6.45, 7) is 2.89. The van der Waals surface area contributed by atoms with E-state index in [0.29, 0.717) is 23.5 Å². The second-order valence-corrected chi connectivity index (χ2v) is 8.23. The molecule has 3 aromatic carbocycles. The molecule has 0 aromatic heterocycles. The minimum absolute atomic E-state index is 0.0798. The summed E-state index contributed by atoms with van der Waals surface area (Å²) in [5, 5.41) is 21.7. The van der Waals surface area contributed by atoms with Crippen molar-refractivity contribution in [2.24, 2.45) is 0 Å². The number of carbonyl (C=O) groups is 2. The lowest BCUT2D eigenvalue weighted by atomic mass is 10.1. The zero-order valence-electron chi connectivity index (χ0n) is 21.6. The Hall–Kier alpha value is -5.34. The van der Waals surface area contributed by atoms with Gasteiger partial charge in [0.2, 0.25) is 0 Å². The van der Waals surface area contributed by atoms with Crippen LogP contribution < -0.4 is 19.5 Å². The van der Waals surface area contributed by atoms with E-state index in [0.717, 1.165) is 12.0 Å². The van der Waals surface area contributed by atoms with Crippen molar-refractivity contribution in [3.05, 3.63) is 101 Å². The second-order valence-electron chi connectivity index (χ2n) is 8.23. The van der Waals surface area contributed by atoms with Gasteiger partial charge in [-0.1, -0.05) is 55.5 Å². The van der Waals surface area contributed by atoms with Gasteiger partial charge in [-0.25, -0.2) is 4.79 Å². The van der Waals surface area contributed by atoms with Crippen molar-refractivity contribution >= 4 is 24.0 Å². The number of rotatable bonds is 11. The molecule has 0 aliphatic carbocycles. The first-order chi connectivity index (χ1) is 19.0. The number of benzene rings is 3. The number of nitriles is 2. The molecule has 0 spiro atoms. The van der Waals surface area contributed by atoms with Gasteiger partial charge in [0.15, 0.2) is 11.5 Å². The van der Waals surface area contributed by atoms with Gasteiger partial charge in [0.05, 0.1) is 13.7 Å². The number of ether oxygens (including phenoxy) is 3. The van der Waals surface area contributed by atoms with Crippen molar-refractivity contribution in [3.63, 3.8) is 0 Å². The third-order valence-electron chi connectivity index (χ3n) is 5.37. The zero-order valence-corrected chi connectivity index (χ0v) is 21.6. The molecule has 1 N–H and O–H groups in total. The highest BCUT2D eigenvalue weighted by Gasteiger charge is 2.16. The van der Waals surface area contributed by atoms with Crippen LogP contribution in [0.4, 0.5) is 0 Å². The number of carbonyl (C=O) groups excluding carboxylic acids is 2. The highest BCUT2D eigenvalue weighted by molar-refractivity contribution is 6.02. The number of hydrogen-bond acceptors (Lipinski definition) is 7. The summed E-state index contributed by atoms with van der Waals surface area (Å²) in [6, 6.07) is 24.6. The molecular formula is C31H27N3O5. The third-order valence-corrected chi connectivity index (χ3v) is 5.37. The Morgan fingerprint density at radius 3 is 2.18 bits per heavy atom. The van der Waals surface area contributed by atoms with Gasteiger partial charge in [-0.2, -0.15) is 10.5 Å². The first-order valence-electron chi connectivity index (χ1n) is 12.2. The topological polar surface area (TPSA) is 121 Å². The maximum atomic E-state index is 12.7. The standard InChI is InChI=1S/C31H27N3O5/c1-3-15-38-27-12-9-22(10-13-27)16-26(20-33)31(36)39-28-14-11-24(18-29(28)37-2)17-25(19-32)30(35)34-21-23-7-5-4-6-8-23/h4-14,16-18H,3,15,21H2,1-2H3,(H,34,35)/b25-17+,26-16+. The lowest BCUT2D eigenvalue weighted by Gasteiger charge is -2.10. The molecule has 8 heteroatoms. The SMILES string of the molecule is CCCOc1ccc(/C=C(\C#N)C(=O)Oc2ccc(/C=C(\C#N)C(=O)NCc3ccccc3)cc2OC)cc1. The summed E-state index contributed by atoms with van der Waals surface area (Å²) in [7, 11) is 1.39. The first kappa shape index (κ1) is 28.2. The van der Waals surface area contributed by atoms with Gasteiger partial charge < -0.3 is 19.5 Å². The molecule has 0 unspecified atom stereocenters. The Balaban J connectivity index is 1.72. The Kier molecular flexibility index (Phi) is 10.4. The molecule has 3 rings (SSSR count). The number of nitrogens with zero attached hydrogens (tertiary/aromatic N) is 2. The number of methoxy groups -OCH3 is 1. The fraction of sp³-hybridized carbons (Fsp3) is 0.161. The van der Waals surface area contributed by atoms with Crippen molar-refractivity contribution in [2.45, 2.75) is 19.9 Å². The lowest BCUT2D eigenvalue weighted by molar-refractivity contribution is -0.129. The molecule has 196 valence electrons. The van der Waals surface area contributed by atoms with Crippen LogP contribution in [-0.4, -0.2) is 25.6 Å². The maximum absolute atomic E-state index is 12.7. The molecule has 0 aliphatic rings. The van der Waals surface area contributed by atoms with Gasteiger partial charge in [0.25, 0.3) is 5.91 Å². The van der Waals surface area contributed by atoms with Gasteiger partial charge in [0, 0.05) is 6.54 Å². The molecular weight excluding hydrogens is 494 g/mol. The first-order valence-corrected chi connectivity index (χ1v) is 12.2. The van der Waals surface area contributed by atoms with Crippen LogP contribution in [0.3, 0.4) is 0 Å². The summed E-state index contributed by atoms with van der Waals surface area (Å²) < 4.78 is 16.3. The van der Waals surface area contributed by atoms with Crippen LogP contribution in [0.15, 0.2) is 83.9 Å². The summed E-state index contributed by atoms with van der Waals surface area (Å²) in [4.78, 5) is 25.2. The van der Waals surface area contributed by atoms with E-state index in [4.69, 9.17) is 14.2 Å². The number of hydrogen-bond donors (Lipinski definition) is 1. The van der Waals surface area contributed by atoms with E-state index in [1.54, 1.807) is 30.3 Å². The van der Waals surface area contributed by atoms with Gasteiger partial charge in [-0.05, 0) is 59.5 Å². The molecule has 1 amide bonds. The van der Waals surface area contributed by atoms with E-state index in [1.807, 2.05) is 49.4 Å². The van der Waals surface area contributed by atoms with Gasteiger partial charge >= 0.3 is 5.97 Å². The van der Waals surface area contributed by atoms with Crippen LogP contribution in [0.5, 0.6) is 17.2 Å². The summed E-state index contributed by atoms with van der Waals surface area (Å²) in [5.41, 5.74) is 1.72. The average Bonchev–Trinajstić information content (AvgIpc) is 2.97. The molecule has 3 aromatic rings. The van der Waals surface area contributed by atoms with Gasteiger partial charge in [-0.3, -0.25) is 4.79 Å². The summed E-state index contributed by atoms with van der Waals surface area (Å²) in [6.07, 6.45) is 3.71. The van der Waals surface area contributed by atoms with Gasteiger partial charge in [-0.15, -0.1) is 0 Å². The van der Waals surface area contributed by atoms with Crippen molar-refractivity contribution in [3.8, 4) is 29.4 Å². The fourth-order valence-corrected chi connectivity index (χ4v) is 3.39. The summed E-state index contributed by atoms with van der Waals surface area (Å²) in [5.74, 6) is -0.417. The van der Waals surface area contributed by atoms with E-state index >= 15 is 0 Å². The van der Waals surface area contributed by atoms with E-state index in [-0.39, 0.29) is 29.2 Å². The molecule has 0 bridgehead atoms. The predicted molar refractivity (Wildman–Crippen MR) is 146 cm³/mol. The fourth-order valence-electron chi connectivity index (χ4n) is 3.39. The molecule has 39 heavy (non-hydrogen) atoms. The van der Waals surface area contributed by atoms with Crippen molar-refractivity contribution in [2.75, 3.05) is 13.7 Å². The van der Waals surface area contributed by atoms with Crippen LogP contribution >= 0.6 is 0 Å². The second kappa shape index (κ2) is 14.4. The highest BCUT2D eigenvalue weighted by atomic mass is 16.6. The Bertz CT molecular complexity index is 1450. The predicted octanol–water partition coefficient (Wildman–Crippen LogP) is 5.22. The number of amides is 1. The monoisotopic (exact) mass is 521 g/mol. The largest absolute Gasteiger partial charge is 0.494 e. The minimum Gasteiger partial charge on any atom is -0.494 e. The Morgan fingerprint density at radius 2 is 1.54 bits per heavy atom. The smallest absolute Gasteiger partial charge is 0.354 e. The molecule has 0 atom stereocenters.